The Balaban J connectivity index is 1.57. The summed E-state index contributed by atoms with van der Waals surface area (Å²) in [5, 5.41) is 14.7. The predicted octanol–water partition coefficient (Wildman–Crippen LogP) is 4.86. The van der Waals surface area contributed by atoms with E-state index in [1.165, 1.54) is 6.26 Å². The van der Waals surface area contributed by atoms with Gasteiger partial charge in [0.2, 0.25) is 5.91 Å². The lowest BCUT2D eigenvalue weighted by molar-refractivity contribution is -0.113. The monoisotopic (exact) mass is 625 g/mol. The number of nitrogens with zero attached hydrogens (tertiary/aromatic N) is 3. The normalized spacial score (nSPS) is 10.8. The third kappa shape index (κ3) is 7.14. The van der Waals surface area contributed by atoms with Crippen molar-refractivity contribution >= 4 is 51.9 Å². The Morgan fingerprint density at radius 1 is 0.977 bits per heavy atom. The molecule has 0 spiro atoms. The van der Waals surface area contributed by atoms with Crippen molar-refractivity contribution in [2.45, 2.75) is 46.3 Å². The van der Waals surface area contributed by atoms with Gasteiger partial charge in [0.05, 0.1) is 43.0 Å². The van der Waals surface area contributed by atoms with E-state index in [2.05, 4.69) is 20.8 Å². The van der Waals surface area contributed by atoms with Crippen LogP contribution in [0.15, 0.2) is 46.2 Å². The van der Waals surface area contributed by atoms with E-state index in [-0.39, 0.29) is 46.7 Å². The van der Waals surface area contributed by atoms with Crippen LogP contribution in [-0.2, 0) is 20.8 Å². The summed E-state index contributed by atoms with van der Waals surface area (Å²) in [6, 6.07) is 8.98. The SMILES string of the molecule is CCOC(=O)c1sc(NC(=O)CSc2nnc(CNC(=O)c3ccco3)n2-c2cccc(C)c2C)c(C(=O)OCC)c1C. The van der Waals surface area contributed by atoms with Crippen LogP contribution in [0, 0.1) is 20.8 Å². The summed E-state index contributed by atoms with van der Waals surface area (Å²) in [6.07, 6.45) is 1.41. The van der Waals surface area contributed by atoms with Gasteiger partial charge in [0.15, 0.2) is 16.7 Å². The molecule has 0 fully saturated rings. The van der Waals surface area contributed by atoms with Crippen molar-refractivity contribution in [3.05, 3.63) is 75.3 Å². The summed E-state index contributed by atoms with van der Waals surface area (Å²) in [4.78, 5) is 51.0. The Bertz CT molecular complexity index is 1640. The van der Waals surface area contributed by atoms with Gasteiger partial charge in [-0.3, -0.25) is 14.2 Å². The molecule has 0 unspecified atom stereocenters. The van der Waals surface area contributed by atoms with Crippen molar-refractivity contribution in [2.24, 2.45) is 0 Å². The summed E-state index contributed by atoms with van der Waals surface area (Å²) in [6.45, 7) is 9.26. The number of hydrogen-bond acceptors (Lipinski definition) is 11. The minimum absolute atomic E-state index is 0.0562. The number of esters is 2. The molecular formula is C29H31N5O7S2. The standard InChI is InChI=1S/C29H31N5O7S2/c1-6-39-27(37)23-18(5)24(28(38)40-7-2)43-26(23)31-22(35)15-42-29-33-32-21(14-30-25(36)20-12-9-13-41-20)34(29)19-11-8-10-16(3)17(19)4/h8-13H,6-7,14-15H2,1-5H3,(H,30,36)(H,31,35). The second kappa shape index (κ2) is 14.2. The van der Waals surface area contributed by atoms with Gasteiger partial charge in [0, 0.05) is 0 Å². The molecular weight excluding hydrogens is 594 g/mol. The van der Waals surface area contributed by atoms with E-state index in [0.717, 1.165) is 39.9 Å². The van der Waals surface area contributed by atoms with Crippen LogP contribution in [0.2, 0.25) is 0 Å². The van der Waals surface area contributed by atoms with Gasteiger partial charge in [0.25, 0.3) is 5.91 Å². The van der Waals surface area contributed by atoms with E-state index in [4.69, 9.17) is 13.9 Å². The topological polar surface area (TPSA) is 155 Å². The molecule has 0 bridgehead atoms. The maximum Gasteiger partial charge on any atom is 0.348 e. The van der Waals surface area contributed by atoms with Gasteiger partial charge in [-0.25, -0.2) is 9.59 Å². The molecule has 0 saturated heterocycles. The van der Waals surface area contributed by atoms with Crippen molar-refractivity contribution < 1.29 is 33.1 Å². The zero-order valence-corrected chi connectivity index (χ0v) is 25.9. The number of hydrogen-bond donors (Lipinski definition) is 2. The molecule has 2 N–H and O–H groups in total. The maximum absolute atomic E-state index is 13.1. The number of amides is 2. The Hall–Kier alpha value is -4.43. The van der Waals surface area contributed by atoms with Gasteiger partial charge in [-0.05, 0) is 69.5 Å². The van der Waals surface area contributed by atoms with Crippen LogP contribution in [0.5, 0.6) is 0 Å². The summed E-state index contributed by atoms with van der Waals surface area (Å²) < 4.78 is 17.2. The number of aromatic nitrogens is 3. The number of benzene rings is 1. The van der Waals surface area contributed by atoms with Crippen LogP contribution in [-0.4, -0.2) is 57.5 Å². The lowest BCUT2D eigenvalue weighted by Crippen LogP contribution is -2.24. The van der Waals surface area contributed by atoms with Gasteiger partial charge in [-0.1, -0.05) is 23.9 Å². The van der Waals surface area contributed by atoms with Gasteiger partial charge in [-0.15, -0.1) is 21.5 Å². The third-order valence-corrected chi connectivity index (χ3v) is 8.46. The van der Waals surface area contributed by atoms with E-state index in [1.807, 2.05) is 32.0 Å². The van der Waals surface area contributed by atoms with E-state index < -0.39 is 23.8 Å². The summed E-state index contributed by atoms with van der Waals surface area (Å²) in [5.74, 6) is -1.54. The van der Waals surface area contributed by atoms with E-state index in [1.54, 1.807) is 37.5 Å². The lowest BCUT2D eigenvalue weighted by Gasteiger charge is -2.14. The second-order valence-electron chi connectivity index (χ2n) is 9.15. The molecule has 3 heterocycles. The van der Waals surface area contributed by atoms with Gasteiger partial charge in [0.1, 0.15) is 9.88 Å². The van der Waals surface area contributed by atoms with Crippen molar-refractivity contribution in [3.63, 3.8) is 0 Å². The number of thiophene rings is 1. The molecule has 3 aromatic heterocycles. The molecule has 0 aliphatic heterocycles. The minimum Gasteiger partial charge on any atom is -0.462 e. The number of thioether (sulfide) groups is 1. The van der Waals surface area contributed by atoms with Crippen LogP contribution >= 0.6 is 23.1 Å². The van der Waals surface area contributed by atoms with E-state index >= 15 is 0 Å². The van der Waals surface area contributed by atoms with Crippen molar-refractivity contribution in [1.82, 2.24) is 20.1 Å². The highest BCUT2D eigenvalue weighted by atomic mass is 32.2. The average Bonchev–Trinajstić information content (AvgIpc) is 3.72. The van der Waals surface area contributed by atoms with Crippen LogP contribution < -0.4 is 10.6 Å². The molecule has 0 atom stereocenters. The third-order valence-electron chi connectivity index (χ3n) is 6.34. The zero-order chi connectivity index (χ0) is 31.1. The number of carbonyl (C=O) groups is 4. The summed E-state index contributed by atoms with van der Waals surface area (Å²) in [7, 11) is 0. The van der Waals surface area contributed by atoms with Crippen LogP contribution in [0.25, 0.3) is 5.69 Å². The van der Waals surface area contributed by atoms with E-state index in [9.17, 15) is 19.2 Å². The summed E-state index contributed by atoms with van der Waals surface area (Å²) in [5.41, 5.74) is 3.31. The fraction of sp³-hybridized carbons (Fsp3) is 0.310. The average molecular weight is 626 g/mol. The highest BCUT2D eigenvalue weighted by Gasteiger charge is 2.28. The molecule has 12 nitrogen and oxygen atoms in total. The molecule has 4 rings (SSSR count). The Morgan fingerprint density at radius 3 is 2.42 bits per heavy atom. The predicted molar refractivity (Wildman–Crippen MR) is 161 cm³/mol. The fourth-order valence-corrected chi connectivity index (χ4v) is 5.99. The summed E-state index contributed by atoms with van der Waals surface area (Å²) >= 11 is 2.09. The Kier molecular flexibility index (Phi) is 10.4. The number of carbonyl (C=O) groups excluding carboxylic acids is 4. The number of furan rings is 1. The lowest BCUT2D eigenvalue weighted by atomic mass is 10.1. The first-order chi connectivity index (χ1) is 20.7. The smallest absolute Gasteiger partial charge is 0.348 e. The number of nitrogens with one attached hydrogen (secondary N) is 2. The first-order valence-corrected chi connectivity index (χ1v) is 15.2. The fourth-order valence-electron chi connectivity index (χ4n) is 4.12. The molecule has 226 valence electrons. The molecule has 14 heteroatoms. The number of aryl methyl sites for hydroxylation is 1. The van der Waals surface area contributed by atoms with Gasteiger partial charge >= 0.3 is 11.9 Å². The highest BCUT2D eigenvalue weighted by Crippen LogP contribution is 2.35. The maximum atomic E-state index is 13.1. The zero-order valence-electron chi connectivity index (χ0n) is 24.3. The van der Waals surface area contributed by atoms with Crippen LogP contribution in [0.4, 0.5) is 5.00 Å². The highest BCUT2D eigenvalue weighted by molar-refractivity contribution is 7.99. The first kappa shape index (κ1) is 31.5. The van der Waals surface area contributed by atoms with Gasteiger partial charge < -0.3 is 24.5 Å². The number of ether oxygens (including phenoxy) is 2. The number of rotatable bonds is 12. The first-order valence-electron chi connectivity index (χ1n) is 13.4. The largest absolute Gasteiger partial charge is 0.462 e. The Morgan fingerprint density at radius 2 is 1.72 bits per heavy atom. The second-order valence-corrected chi connectivity index (χ2v) is 11.1. The molecule has 4 aromatic rings. The van der Waals surface area contributed by atoms with Crippen LogP contribution in [0.3, 0.4) is 0 Å². The molecule has 43 heavy (non-hydrogen) atoms. The molecule has 1 aromatic carbocycles. The van der Waals surface area contributed by atoms with Gasteiger partial charge in [-0.2, -0.15) is 0 Å². The molecule has 0 aliphatic carbocycles. The molecule has 2 amide bonds. The minimum atomic E-state index is -0.648. The van der Waals surface area contributed by atoms with E-state index in [0.29, 0.717) is 16.5 Å². The quantitative estimate of drug-likeness (QED) is 0.165. The van der Waals surface area contributed by atoms with Crippen LogP contribution in [0.1, 0.15) is 66.9 Å². The van der Waals surface area contributed by atoms with Crippen molar-refractivity contribution in [2.75, 3.05) is 24.3 Å². The Labute approximate surface area is 256 Å². The molecule has 0 saturated carbocycles. The molecule has 0 radical (unpaired) electrons. The number of anilines is 1. The molecule has 0 aliphatic rings. The van der Waals surface area contributed by atoms with Crippen molar-refractivity contribution in [3.8, 4) is 5.69 Å². The van der Waals surface area contributed by atoms with Crippen molar-refractivity contribution in [1.29, 1.82) is 0 Å².